The summed E-state index contributed by atoms with van der Waals surface area (Å²) in [5.41, 5.74) is 1.50. The number of halogens is 1. The third-order valence-electron chi connectivity index (χ3n) is 3.13. The Morgan fingerprint density at radius 2 is 1.62 bits per heavy atom. The Morgan fingerprint density at radius 1 is 1.05 bits per heavy atom. The Hall–Kier alpha value is -1.46. The second kappa shape index (κ2) is 6.54. The van der Waals surface area contributed by atoms with Gasteiger partial charge in [0.1, 0.15) is 4.16 Å². The highest BCUT2D eigenvalue weighted by Gasteiger charge is 2.27. The van der Waals surface area contributed by atoms with E-state index in [4.69, 9.17) is 0 Å². The first-order chi connectivity index (χ1) is 9.91. The number of sulfone groups is 1. The van der Waals surface area contributed by atoms with Crippen LogP contribution in [0.5, 0.6) is 0 Å². The first kappa shape index (κ1) is 15.9. The number of carbonyl (C=O) groups excluding carboxylic acids is 1. The molecule has 110 valence electrons. The van der Waals surface area contributed by atoms with Gasteiger partial charge >= 0.3 is 0 Å². The first-order valence-electron chi connectivity index (χ1n) is 6.44. The smallest absolute Gasteiger partial charge is 0.191 e. The number of aryl methyl sites for hydroxylation is 1. The fraction of sp³-hybridized carbons (Fsp3) is 0.188. The zero-order chi connectivity index (χ0) is 15.5. The highest BCUT2D eigenvalue weighted by Crippen LogP contribution is 2.24. The molecule has 2 aromatic rings. The largest absolute Gasteiger partial charge is 0.294 e. The van der Waals surface area contributed by atoms with Gasteiger partial charge in [-0.2, -0.15) is 0 Å². The van der Waals surface area contributed by atoms with Crippen molar-refractivity contribution >= 4 is 31.6 Å². The number of Topliss-reactive ketones (excluding diaryl/α,β-unsaturated/α-hetero) is 1. The first-order valence-corrected chi connectivity index (χ1v) is 8.90. The van der Waals surface area contributed by atoms with Gasteiger partial charge in [-0.15, -0.1) is 0 Å². The highest BCUT2D eigenvalue weighted by molar-refractivity contribution is 9.11. The van der Waals surface area contributed by atoms with E-state index in [0.29, 0.717) is 5.56 Å². The summed E-state index contributed by atoms with van der Waals surface area (Å²) in [4.78, 5) is 12.3. The van der Waals surface area contributed by atoms with E-state index in [9.17, 15) is 13.2 Å². The van der Waals surface area contributed by atoms with Gasteiger partial charge in [-0.25, -0.2) is 8.42 Å². The van der Waals surface area contributed by atoms with Crippen molar-refractivity contribution < 1.29 is 13.2 Å². The Bertz CT molecular complexity index is 722. The molecule has 0 bridgehead atoms. The zero-order valence-electron chi connectivity index (χ0n) is 11.5. The minimum Gasteiger partial charge on any atom is -0.294 e. The van der Waals surface area contributed by atoms with Crippen molar-refractivity contribution in [2.75, 3.05) is 0 Å². The molecule has 21 heavy (non-hydrogen) atoms. The maximum atomic E-state index is 12.4. The van der Waals surface area contributed by atoms with E-state index in [1.165, 1.54) is 0 Å². The molecule has 1 atom stereocenters. The van der Waals surface area contributed by atoms with Crippen LogP contribution in [0.3, 0.4) is 0 Å². The van der Waals surface area contributed by atoms with Crippen molar-refractivity contribution in [3.8, 4) is 0 Å². The zero-order valence-corrected chi connectivity index (χ0v) is 13.9. The number of rotatable bonds is 5. The van der Waals surface area contributed by atoms with Crippen molar-refractivity contribution in [2.24, 2.45) is 0 Å². The van der Waals surface area contributed by atoms with Crippen molar-refractivity contribution in [1.29, 1.82) is 0 Å². The normalized spacial score (nSPS) is 12.9. The molecule has 0 amide bonds. The van der Waals surface area contributed by atoms with E-state index >= 15 is 0 Å². The van der Waals surface area contributed by atoms with Crippen LogP contribution in [-0.2, 0) is 9.84 Å². The van der Waals surface area contributed by atoms with Crippen LogP contribution in [0.4, 0.5) is 0 Å². The van der Waals surface area contributed by atoms with Crippen LogP contribution in [0.2, 0.25) is 0 Å². The molecule has 0 saturated heterocycles. The summed E-state index contributed by atoms with van der Waals surface area (Å²) in [5.74, 6) is -0.201. The molecule has 2 aromatic carbocycles. The Balaban J connectivity index is 2.17. The molecule has 0 spiro atoms. The van der Waals surface area contributed by atoms with Crippen LogP contribution in [0, 0.1) is 6.92 Å². The maximum absolute atomic E-state index is 12.4. The van der Waals surface area contributed by atoms with Crippen molar-refractivity contribution in [1.82, 2.24) is 0 Å². The van der Waals surface area contributed by atoms with Crippen LogP contribution in [-0.4, -0.2) is 18.4 Å². The lowest BCUT2D eigenvalue weighted by Crippen LogP contribution is -2.19. The summed E-state index contributed by atoms with van der Waals surface area (Å²) in [6.45, 7) is 1.89. The predicted octanol–water partition coefficient (Wildman–Crippen LogP) is 3.76. The molecule has 0 N–H and O–H groups in total. The van der Waals surface area contributed by atoms with Gasteiger partial charge in [0, 0.05) is 12.0 Å². The third-order valence-corrected chi connectivity index (χ3v) is 6.70. The molecule has 0 aromatic heterocycles. The highest BCUT2D eigenvalue weighted by atomic mass is 79.9. The Morgan fingerprint density at radius 3 is 2.19 bits per heavy atom. The minimum atomic E-state index is -3.56. The number of carbonyl (C=O) groups is 1. The number of hydrogen-bond donors (Lipinski definition) is 0. The lowest BCUT2D eigenvalue weighted by molar-refractivity contribution is 0.0987. The summed E-state index contributed by atoms with van der Waals surface area (Å²) in [7, 11) is -3.56. The van der Waals surface area contributed by atoms with Crippen LogP contribution in [0.25, 0.3) is 0 Å². The van der Waals surface area contributed by atoms with Crippen molar-refractivity contribution in [2.45, 2.75) is 22.4 Å². The molecule has 0 aliphatic rings. The number of ketones is 1. The van der Waals surface area contributed by atoms with Gasteiger partial charge in [0.25, 0.3) is 0 Å². The molecule has 0 aliphatic carbocycles. The number of alkyl halides is 1. The summed E-state index contributed by atoms with van der Waals surface area (Å²) >= 11 is 3.14. The molecule has 1 unspecified atom stereocenters. The molecule has 3 nitrogen and oxygen atoms in total. The molecule has 0 aliphatic heterocycles. The fourth-order valence-corrected chi connectivity index (χ4v) is 4.00. The van der Waals surface area contributed by atoms with Crippen LogP contribution in [0.15, 0.2) is 59.5 Å². The van der Waals surface area contributed by atoms with E-state index in [-0.39, 0.29) is 17.1 Å². The van der Waals surface area contributed by atoms with Gasteiger partial charge < -0.3 is 0 Å². The lowest BCUT2D eigenvalue weighted by atomic mass is 10.1. The average Bonchev–Trinajstić information content (AvgIpc) is 2.48. The standard InChI is InChI=1S/C16H15BrO3S/c1-12-7-9-14(10-8-12)21(19,20)16(17)11-15(18)13-5-3-2-4-6-13/h2-10,16H,11H2,1H3. The molecule has 5 heteroatoms. The third kappa shape index (κ3) is 3.80. The van der Waals surface area contributed by atoms with Gasteiger partial charge in [0.2, 0.25) is 0 Å². The molecule has 0 heterocycles. The van der Waals surface area contributed by atoms with E-state index in [1.54, 1.807) is 48.5 Å². The minimum absolute atomic E-state index is 0.0970. The Kier molecular flexibility index (Phi) is 4.96. The van der Waals surface area contributed by atoms with E-state index in [2.05, 4.69) is 15.9 Å². The molecular formula is C16H15BrO3S. The Labute approximate surface area is 133 Å². The molecule has 2 rings (SSSR count). The SMILES string of the molecule is Cc1ccc(S(=O)(=O)C(Br)CC(=O)c2ccccc2)cc1. The van der Waals surface area contributed by atoms with Gasteiger partial charge in [-0.1, -0.05) is 64.0 Å². The topological polar surface area (TPSA) is 51.2 Å². The second-order valence-corrected chi connectivity index (χ2v) is 8.60. The monoisotopic (exact) mass is 366 g/mol. The lowest BCUT2D eigenvalue weighted by Gasteiger charge is -2.11. The summed E-state index contributed by atoms with van der Waals surface area (Å²) in [5, 5.41) is 0. The van der Waals surface area contributed by atoms with Gasteiger partial charge in [-0.3, -0.25) is 4.79 Å². The molecule has 0 saturated carbocycles. The van der Waals surface area contributed by atoms with Gasteiger partial charge in [0.05, 0.1) is 4.90 Å². The summed E-state index contributed by atoms with van der Waals surface area (Å²) in [6, 6.07) is 15.3. The van der Waals surface area contributed by atoms with E-state index in [1.807, 2.05) is 13.0 Å². The van der Waals surface area contributed by atoms with Crippen molar-refractivity contribution in [3.63, 3.8) is 0 Å². The van der Waals surface area contributed by atoms with Gasteiger partial charge in [0.15, 0.2) is 15.6 Å². The second-order valence-electron chi connectivity index (χ2n) is 4.76. The van der Waals surface area contributed by atoms with Crippen LogP contribution < -0.4 is 0 Å². The molecule has 0 fully saturated rings. The van der Waals surface area contributed by atoms with Gasteiger partial charge in [-0.05, 0) is 19.1 Å². The summed E-state index contributed by atoms with van der Waals surface area (Å²) < 4.78 is 23.9. The molecular weight excluding hydrogens is 352 g/mol. The fourth-order valence-electron chi connectivity index (χ4n) is 1.87. The maximum Gasteiger partial charge on any atom is 0.191 e. The molecule has 0 radical (unpaired) electrons. The van der Waals surface area contributed by atoms with Crippen LogP contribution in [0.1, 0.15) is 22.3 Å². The van der Waals surface area contributed by atoms with Crippen molar-refractivity contribution in [3.05, 3.63) is 65.7 Å². The van der Waals surface area contributed by atoms with E-state index < -0.39 is 14.0 Å². The number of benzene rings is 2. The number of hydrogen-bond acceptors (Lipinski definition) is 3. The predicted molar refractivity (Wildman–Crippen MR) is 86.5 cm³/mol. The quantitative estimate of drug-likeness (QED) is 0.597. The van der Waals surface area contributed by atoms with Crippen LogP contribution >= 0.6 is 15.9 Å². The average molecular weight is 367 g/mol. The summed E-state index contributed by atoms with van der Waals surface area (Å²) in [6.07, 6.45) is -0.0970. The van der Waals surface area contributed by atoms with E-state index in [0.717, 1.165) is 5.56 Å².